The van der Waals surface area contributed by atoms with E-state index in [2.05, 4.69) is 42.2 Å². The predicted octanol–water partition coefficient (Wildman–Crippen LogP) is 6.36. The van der Waals surface area contributed by atoms with Gasteiger partial charge in [0.1, 0.15) is 0 Å². The summed E-state index contributed by atoms with van der Waals surface area (Å²) in [5.41, 5.74) is 3.23. The molecule has 4 rings (SSSR count). The molecule has 1 amide bonds. The van der Waals surface area contributed by atoms with Crippen LogP contribution >= 0.6 is 23.1 Å². The minimum absolute atomic E-state index is 0.104. The zero-order chi connectivity index (χ0) is 21.5. The second kappa shape index (κ2) is 10.6. The Morgan fingerprint density at radius 2 is 1.94 bits per heavy atom. The van der Waals surface area contributed by atoms with Gasteiger partial charge in [0.15, 0.2) is 5.13 Å². The molecule has 0 aliphatic carbocycles. The molecule has 0 unspecified atom stereocenters. The predicted molar refractivity (Wildman–Crippen MR) is 131 cm³/mol. The molecule has 0 aliphatic heterocycles. The summed E-state index contributed by atoms with van der Waals surface area (Å²) in [5, 5.41) is 0.757. The largest absolute Gasteiger partial charge is 0.284 e. The summed E-state index contributed by atoms with van der Waals surface area (Å²) in [6, 6.07) is 20.6. The summed E-state index contributed by atoms with van der Waals surface area (Å²) >= 11 is 3.37. The SMILES string of the molecule is CCc1ccc2nc(N(Cc3cccnc3)C(=O)CCCSc3ccccc3)sc2c1. The van der Waals surface area contributed by atoms with Crippen molar-refractivity contribution in [1.29, 1.82) is 0 Å². The van der Waals surface area contributed by atoms with Crippen LogP contribution in [0.2, 0.25) is 0 Å². The van der Waals surface area contributed by atoms with Crippen LogP contribution in [0, 0.1) is 0 Å². The lowest BCUT2D eigenvalue weighted by atomic mass is 10.2. The third-order valence-electron chi connectivity index (χ3n) is 4.99. The number of amides is 1. The van der Waals surface area contributed by atoms with E-state index in [-0.39, 0.29) is 5.91 Å². The maximum absolute atomic E-state index is 13.2. The Kier molecular flexibility index (Phi) is 7.33. The Hall–Kier alpha value is -2.70. The van der Waals surface area contributed by atoms with Crippen molar-refractivity contribution in [1.82, 2.24) is 9.97 Å². The number of hydrogen-bond donors (Lipinski definition) is 0. The van der Waals surface area contributed by atoms with E-state index in [0.29, 0.717) is 13.0 Å². The molecule has 0 saturated carbocycles. The molecule has 0 N–H and O–H groups in total. The zero-order valence-corrected chi connectivity index (χ0v) is 19.2. The molecule has 0 aliphatic rings. The summed E-state index contributed by atoms with van der Waals surface area (Å²) in [7, 11) is 0. The number of aryl methyl sites for hydroxylation is 1. The molecule has 0 atom stereocenters. The fourth-order valence-electron chi connectivity index (χ4n) is 3.29. The maximum Gasteiger partial charge on any atom is 0.229 e. The van der Waals surface area contributed by atoms with Gasteiger partial charge in [0.2, 0.25) is 5.91 Å². The number of benzene rings is 2. The maximum atomic E-state index is 13.2. The Morgan fingerprint density at radius 1 is 1.06 bits per heavy atom. The van der Waals surface area contributed by atoms with Crippen molar-refractivity contribution >= 4 is 44.4 Å². The van der Waals surface area contributed by atoms with Gasteiger partial charge in [-0.1, -0.05) is 48.6 Å². The third kappa shape index (κ3) is 5.71. The lowest BCUT2D eigenvalue weighted by Crippen LogP contribution is -2.30. The van der Waals surface area contributed by atoms with Gasteiger partial charge in [-0.05, 0) is 60.1 Å². The minimum atomic E-state index is 0.104. The fourth-order valence-corrected chi connectivity index (χ4v) is 5.21. The zero-order valence-electron chi connectivity index (χ0n) is 17.5. The number of nitrogens with zero attached hydrogens (tertiary/aromatic N) is 3. The van der Waals surface area contributed by atoms with Crippen LogP contribution in [0.25, 0.3) is 10.2 Å². The van der Waals surface area contributed by atoms with Gasteiger partial charge in [-0.3, -0.25) is 14.7 Å². The lowest BCUT2D eigenvalue weighted by Gasteiger charge is -2.20. The lowest BCUT2D eigenvalue weighted by molar-refractivity contribution is -0.118. The van der Waals surface area contributed by atoms with Crippen LogP contribution in [-0.2, 0) is 17.8 Å². The standard InChI is InChI=1S/C25H25N3OS2/c1-2-19-12-13-22-23(16-19)31-25(27-22)28(18-20-8-6-14-26-17-20)24(29)11-7-15-30-21-9-4-3-5-10-21/h3-6,8-10,12-14,16-17H,2,7,11,15,18H2,1H3. The number of fused-ring (bicyclic) bond motifs is 1. The topological polar surface area (TPSA) is 46.1 Å². The van der Waals surface area contributed by atoms with Crippen molar-refractivity contribution < 1.29 is 4.79 Å². The minimum Gasteiger partial charge on any atom is -0.284 e. The average molecular weight is 448 g/mol. The van der Waals surface area contributed by atoms with E-state index in [1.54, 1.807) is 29.3 Å². The molecule has 2 aromatic heterocycles. The Morgan fingerprint density at radius 3 is 2.71 bits per heavy atom. The number of pyridine rings is 1. The highest BCUT2D eigenvalue weighted by Crippen LogP contribution is 2.31. The van der Waals surface area contributed by atoms with Crippen LogP contribution in [0.3, 0.4) is 0 Å². The normalized spacial score (nSPS) is 11.0. The van der Waals surface area contributed by atoms with Gasteiger partial charge in [0.05, 0.1) is 16.8 Å². The van der Waals surface area contributed by atoms with Gasteiger partial charge in [-0.2, -0.15) is 0 Å². The van der Waals surface area contributed by atoms with E-state index in [0.717, 1.165) is 39.5 Å². The van der Waals surface area contributed by atoms with Crippen LogP contribution in [0.5, 0.6) is 0 Å². The number of anilines is 1. The van der Waals surface area contributed by atoms with E-state index in [1.165, 1.54) is 10.5 Å². The number of carbonyl (C=O) groups is 1. The highest BCUT2D eigenvalue weighted by Gasteiger charge is 2.20. The van der Waals surface area contributed by atoms with Crippen LogP contribution in [-0.4, -0.2) is 21.6 Å². The molecular weight excluding hydrogens is 422 g/mol. The van der Waals surface area contributed by atoms with E-state index in [4.69, 9.17) is 4.98 Å². The van der Waals surface area contributed by atoms with Crippen molar-refractivity contribution in [2.24, 2.45) is 0 Å². The fraction of sp³-hybridized carbons (Fsp3) is 0.240. The number of aromatic nitrogens is 2. The first-order chi connectivity index (χ1) is 15.2. The first kappa shape index (κ1) is 21.5. The summed E-state index contributed by atoms with van der Waals surface area (Å²) in [6.07, 6.45) is 5.87. The molecule has 0 bridgehead atoms. The quantitative estimate of drug-likeness (QED) is 0.221. The second-order valence-corrected chi connectivity index (χ2v) is 9.44. The molecule has 0 radical (unpaired) electrons. The molecule has 0 saturated heterocycles. The molecule has 0 fully saturated rings. The van der Waals surface area contributed by atoms with Crippen LogP contribution in [0.4, 0.5) is 5.13 Å². The van der Waals surface area contributed by atoms with Crippen LogP contribution in [0.15, 0.2) is 78.0 Å². The van der Waals surface area contributed by atoms with Gasteiger partial charge < -0.3 is 0 Å². The molecular formula is C25H25N3OS2. The van der Waals surface area contributed by atoms with Gasteiger partial charge >= 0.3 is 0 Å². The first-order valence-corrected chi connectivity index (χ1v) is 12.3. The van der Waals surface area contributed by atoms with Crippen molar-refractivity contribution in [3.05, 3.63) is 84.2 Å². The van der Waals surface area contributed by atoms with Crippen LogP contribution in [0.1, 0.15) is 30.9 Å². The second-order valence-electron chi connectivity index (χ2n) is 7.26. The monoisotopic (exact) mass is 447 g/mol. The molecule has 31 heavy (non-hydrogen) atoms. The number of hydrogen-bond acceptors (Lipinski definition) is 5. The molecule has 6 heteroatoms. The summed E-state index contributed by atoms with van der Waals surface area (Å²) in [5.74, 6) is 1.02. The average Bonchev–Trinajstić information content (AvgIpc) is 3.24. The van der Waals surface area contributed by atoms with Crippen molar-refractivity contribution in [3.8, 4) is 0 Å². The molecule has 2 heterocycles. The van der Waals surface area contributed by atoms with E-state index < -0.39 is 0 Å². The molecule has 2 aromatic carbocycles. The van der Waals surface area contributed by atoms with Gasteiger partial charge in [-0.25, -0.2) is 4.98 Å². The summed E-state index contributed by atoms with van der Waals surface area (Å²) < 4.78 is 1.12. The Bertz CT molecular complexity index is 1130. The molecule has 0 spiro atoms. The third-order valence-corrected chi connectivity index (χ3v) is 7.13. The summed E-state index contributed by atoms with van der Waals surface area (Å²) in [4.78, 5) is 25.3. The Labute approximate surface area is 191 Å². The smallest absolute Gasteiger partial charge is 0.229 e. The summed E-state index contributed by atoms with van der Waals surface area (Å²) in [6.45, 7) is 2.63. The highest BCUT2D eigenvalue weighted by molar-refractivity contribution is 7.99. The van der Waals surface area contributed by atoms with Gasteiger partial charge in [0.25, 0.3) is 0 Å². The van der Waals surface area contributed by atoms with Gasteiger partial charge in [0, 0.05) is 23.7 Å². The number of thiazole rings is 1. The number of thioether (sulfide) groups is 1. The highest BCUT2D eigenvalue weighted by atomic mass is 32.2. The van der Waals surface area contributed by atoms with E-state index in [9.17, 15) is 4.79 Å². The van der Waals surface area contributed by atoms with E-state index >= 15 is 0 Å². The molecule has 4 nitrogen and oxygen atoms in total. The number of rotatable bonds is 9. The van der Waals surface area contributed by atoms with Crippen molar-refractivity contribution in [3.63, 3.8) is 0 Å². The molecule has 4 aromatic rings. The van der Waals surface area contributed by atoms with Gasteiger partial charge in [-0.15, -0.1) is 11.8 Å². The van der Waals surface area contributed by atoms with Crippen molar-refractivity contribution in [2.75, 3.05) is 10.7 Å². The molecule has 158 valence electrons. The first-order valence-electron chi connectivity index (χ1n) is 10.5. The van der Waals surface area contributed by atoms with E-state index in [1.807, 2.05) is 41.4 Å². The van der Waals surface area contributed by atoms with Crippen molar-refractivity contribution in [2.45, 2.75) is 37.6 Å². The van der Waals surface area contributed by atoms with Crippen LogP contribution < -0.4 is 4.90 Å². The number of carbonyl (C=O) groups excluding carboxylic acids is 1. The Balaban J connectivity index is 1.49.